The lowest BCUT2D eigenvalue weighted by Crippen LogP contribution is -2.41. The first-order valence-electron chi connectivity index (χ1n) is 6.69. The van der Waals surface area contributed by atoms with Crippen molar-refractivity contribution in [1.82, 2.24) is 26.0 Å². The number of hydrogen-bond acceptors (Lipinski definition) is 3. The van der Waals surface area contributed by atoms with E-state index in [1.807, 2.05) is 0 Å². The minimum atomic E-state index is -0.502. The van der Waals surface area contributed by atoms with Crippen LogP contribution in [-0.2, 0) is 0 Å². The second-order valence-electron chi connectivity index (χ2n) is 4.67. The molecular formula is C15H12ClN5O2. The molecule has 0 bridgehead atoms. The van der Waals surface area contributed by atoms with Crippen LogP contribution >= 0.6 is 11.6 Å². The van der Waals surface area contributed by atoms with E-state index in [2.05, 4.69) is 26.0 Å². The Morgan fingerprint density at radius 3 is 2.35 bits per heavy atom. The summed E-state index contributed by atoms with van der Waals surface area (Å²) in [6.45, 7) is 0. The van der Waals surface area contributed by atoms with Crippen LogP contribution in [0.2, 0.25) is 5.02 Å². The van der Waals surface area contributed by atoms with E-state index in [4.69, 9.17) is 11.6 Å². The van der Waals surface area contributed by atoms with Crippen LogP contribution in [0.3, 0.4) is 0 Å². The Balaban J connectivity index is 1.64. The lowest BCUT2D eigenvalue weighted by Gasteiger charge is -2.04. The van der Waals surface area contributed by atoms with Gasteiger partial charge in [-0.1, -0.05) is 23.7 Å². The molecule has 2 amide bonds. The van der Waals surface area contributed by atoms with Gasteiger partial charge in [0.2, 0.25) is 0 Å². The first-order chi connectivity index (χ1) is 11.1. The SMILES string of the molecule is O=C(NNC(=O)c1cc(-c2ccc(Cl)cc2)n[nH]1)c1ccc[nH]1. The van der Waals surface area contributed by atoms with Gasteiger partial charge in [-0.15, -0.1) is 0 Å². The number of carbonyl (C=O) groups is 2. The van der Waals surface area contributed by atoms with E-state index in [9.17, 15) is 9.59 Å². The molecular weight excluding hydrogens is 318 g/mol. The molecule has 3 aromatic rings. The Bertz CT molecular complexity index is 824. The number of H-pyrrole nitrogens is 2. The third-order valence-corrected chi connectivity index (χ3v) is 3.35. The molecule has 0 radical (unpaired) electrons. The summed E-state index contributed by atoms with van der Waals surface area (Å²) in [6.07, 6.45) is 1.62. The van der Waals surface area contributed by atoms with E-state index < -0.39 is 11.8 Å². The van der Waals surface area contributed by atoms with Crippen molar-refractivity contribution in [1.29, 1.82) is 0 Å². The third kappa shape index (κ3) is 3.41. The molecule has 1 aromatic carbocycles. The Hall–Kier alpha value is -3.06. The quantitative estimate of drug-likeness (QED) is 0.553. The normalized spacial score (nSPS) is 10.3. The molecule has 0 saturated carbocycles. The largest absolute Gasteiger partial charge is 0.357 e. The van der Waals surface area contributed by atoms with Crippen molar-refractivity contribution in [3.8, 4) is 11.3 Å². The molecule has 0 aliphatic rings. The van der Waals surface area contributed by atoms with E-state index in [0.29, 0.717) is 16.4 Å². The summed E-state index contributed by atoms with van der Waals surface area (Å²) in [5.41, 5.74) is 6.60. The summed E-state index contributed by atoms with van der Waals surface area (Å²) in [4.78, 5) is 26.4. The first kappa shape index (κ1) is 14.9. The highest BCUT2D eigenvalue weighted by atomic mass is 35.5. The van der Waals surface area contributed by atoms with E-state index in [0.717, 1.165) is 5.56 Å². The summed E-state index contributed by atoms with van der Waals surface area (Å²) < 4.78 is 0. The second kappa shape index (κ2) is 6.37. The highest BCUT2D eigenvalue weighted by Crippen LogP contribution is 2.20. The maximum atomic E-state index is 12.0. The van der Waals surface area contributed by atoms with Crippen LogP contribution in [0, 0.1) is 0 Å². The van der Waals surface area contributed by atoms with Gasteiger partial charge in [0.25, 0.3) is 11.8 Å². The fourth-order valence-electron chi connectivity index (χ4n) is 1.93. The molecule has 0 aliphatic heterocycles. The van der Waals surface area contributed by atoms with Gasteiger partial charge in [-0.05, 0) is 30.3 Å². The molecule has 0 fully saturated rings. The van der Waals surface area contributed by atoms with Gasteiger partial charge in [0.15, 0.2) is 0 Å². The average Bonchev–Trinajstić information content (AvgIpc) is 3.24. The fraction of sp³-hybridized carbons (Fsp3) is 0. The third-order valence-electron chi connectivity index (χ3n) is 3.09. The molecule has 116 valence electrons. The van der Waals surface area contributed by atoms with Crippen molar-refractivity contribution in [2.24, 2.45) is 0 Å². The van der Waals surface area contributed by atoms with Crippen molar-refractivity contribution in [2.75, 3.05) is 0 Å². The Labute approximate surface area is 136 Å². The number of amides is 2. The van der Waals surface area contributed by atoms with E-state index in [-0.39, 0.29) is 5.69 Å². The number of rotatable bonds is 3. The number of carbonyl (C=O) groups excluding carboxylic acids is 2. The Kier molecular flexibility index (Phi) is 4.11. The molecule has 3 rings (SSSR count). The van der Waals surface area contributed by atoms with Crippen molar-refractivity contribution < 1.29 is 9.59 Å². The summed E-state index contributed by atoms with van der Waals surface area (Å²) in [5, 5.41) is 7.31. The van der Waals surface area contributed by atoms with Gasteiger partial charge in [0.1, 0.15) is 11.4 Å². The zero-order valence-corrected chi connectivity index (χ0v) is 12.5. The number of aromatic nitrogens is 3. The van der Waals surface area contributed by atoms with E-state index >= 15 is 0 Å². The van der Waals surface area contributed by atoms with Crippen LogP contribution in [0.1, 0.15) is 21.0 Å². The smallest absolute Gasteiger partial charge is 0.287 e. The van der Waals surface area contributed by atoms with Gasteiger partial charge in [-0.3, -0.25) is 25.5 Å². The lowest BCUT2D eigenvalue weighted by atomic mass is 10.1. The lowest BCUT2D eigenvalue weighted by molar-refractivity contribution is 0.0841. The molecule has 7 nitrogen and oxygen atoms in total. The van der Waals surface area contributed by atoms with Gasteiger partial charge < -0.3 is 4.98 Å². The van der Waals surface area contributed by atoms with Crippen LogP contribution in [0.5, 0.6) is 0 Å². The van der Waals surface area contributed by atoms with Crippen LogP contribution in [0.25, 0.3) is 11.3 Å². The van der Waals surface area contributed by atoms with Crippen molar-refractivity contribution in [3.63, 3.8) is 0 Å². The molecule has 2 aromatic heterocycles. The fourth-order valence-corrected chi connectivity index (χ4v) is 2.05. The van der Waals surface area contributed by atoms with Gasteiger partial charge in [0.05, 0.1) is 5.69 Å². The number of aromatic amines is 2. The molecule has 8 heteroatoms. The van der Waals surface area contributed by atoms with Gasteiger partial charge in [-0.2, -0.15) is 5.10 Å². The Morgan fingerprint density at radius 1 is 1.00 bits per heavy atom. The number of hydrogen-bond donors (Lipinski definition) is 4. The van der Waals surface area contributed by atoms with Crippen LogP contribution in [0.15, 0.2) is 48.7 Å². The second-order valence-corrected chi connectivity index (χ2v) is 5.10. The monoisotopic (exact) mass is 329 g/mol. The highest BCUT2D eigenvalue weighted by molar-refractivity contribution is 6.30. The molecule has 2 heterocycles. The number of hydrazine groups is 1. The maximum Gasteiger partial charge on any atom is 0.287 e. The van der Waals surface area contributed by atoms with Gasteiger partial charge in [0, 0.05) is 16.8 Å². The summed E-state index contributed by atoms with van der Waals surface area (Å²) in [5.74, 6) is -0.946. The number of benzene rings is 1. The molecule has 0 spiro atoms. The summed E-state index contributed by atoms with van der Waals surface area (Å²) >= 11 is 5.83. The van der Waals surface area contributed by atoms with Gasteiger partial charge in [-0.25, -0.2) is 0 Å². The summed E-state index contributed by atoms with van der Waals surface area (Å²) in [7, 11) is 0. The highest BCUT2D eigenvalue weighted by Gasteiger charge is 2.13. The minimum Gasteiger partial charge on any atom is -0.357 e. The zero-order valence-electron chi connectivity index (χ0n) is 11.8. The van der Waals surface area contributed by atoms with E-state index in [1.54, 1.807) is 48.7 Å². The number of nitrogens with one attached hydrogen (secondary N) is 4. The predicted octanol–water partition coefficient (Wildman–Crippen LogP) is 2.13. The topological polar surface area (TPSA) is 103 Å². The number of nitrogens with zero attached hydrogens (tertiary/aromatic N) is 1. The molecule has 0 aliphatic carbocycles. The average molecular weight is 330 g/mol. The van der Waals surface area contributed by atoms with Crippen LogP contribution < -0.4 is 10.9 Å². The molecule has 0 unspecified atom stereocenters. The van der Waals surface area contributed by atoms with Crippen LogP contribution in [-0.4, -0.2) is 27.0 Å². The van der Waals surface area contributed by atoms with Crippen LogP contribution in [0.4, 0.5) is 0 Å². The van der Waals surface area contributed by atoms with Crippen molar-refractivity contribution >= 4 is 23.4 Å². The molecule has 0 atom stereocenters. The molecule has 23 heavy (non-hydrogen) atoms. The van der Waals surface area contributed by atoms with Crippen molar-refractivity contribution in [2.45, 2.75) is 0 Å². The first-order valence-corrected chi connectivity index (χ1v) is 7.07. The minimum absolute atomic E-state index is 0.224. The van der Waals surface area contributed by atoms with E-state index in [1.165, 1.54) is 0 Å². The van der Waals surface area contributed by atoms with Gasteiger partial charge >= 0.3 is 0 Å². The van der Waals surface area contributed by atoms with Crippen molar-refractivity contribution in [3.05, 3.63) is 65.1 Å². The predicted molar refractivity (Wildman–Crippen MR) is 84.8 cm³/mol. The molecule has 4 N–H and O–H groups in total. The molecule has 0 saturated heterocycles. The Morgan fingerprint density at radius 2 is 1.70 bits per heavy atom. The summed E-state index contributed by atoms with van der Waals surface area (Å²) in [6, 6.07) is 11.9. The zero-order chi connectivity index (χ0) is 16.2. The number of halogens is 1. The maximum absolute atomic E-state index is 12.0. The standard InChI is InChI=1S/C15H12ClN5O2/c16-10-5-3-9(4-6-10)12-8-13(19-18-12)15(23)21-20-14(22)11-2-1-7-17-11/h1-8,17H,(H,18,19)(H,20,22)(H,21,23).